The normalized spacial score (nSPS) is 12.4. The van der Waals surface area contributed by atoms with Gasteiger partial charge >= 0.3 is 0 Å². The molecule has 1 atom stereocenters. The van der Waals surface area contributed by atoms with Gasteiger partial charge in [-0.2, -0.15) is 5.10 Å². The van der Waals surface area contributed by atoms with Crippen LogP contribution in [0.4, 0.5) is 0 Å². The Balaban J connectivity index is 2.05. The first kappa shape index (κ1) is 14.8. The van der Waals surface area contributed by atoms with Gasteiger partial charge in [0.05, 0.1) is 11.1 Å². The summed E-state index contributed by atoms with van der Waals surface area (Å²) in [4.78, 5) is 4.17. The number of aromatic nitrogens is 3. The van der Waals surface area contributed by atoms with Gasteiger partial charge in [0.2, 0.25) is 0 Å². The molecule has 108 valence electrons. The van der Waals surface area contributed by atoms with Crippen LogP contribution in [0.15, 0.2) is 24.5 Å². The van der Waals surface area contributed by atoms with Crippen molar-refractivity contribution >= 4 is 11.6 Å². The van der Waals surface area contributed by atoms with Crippen LogP contribution in [0, 0.1) is 0 Å². The Hall–Kier alpha value is -1.59. The van der Waals surface area contributed by atoms with Crippen LogP contribution in [0.2, 0.25) is 5.02 Å². The van der Waals surface area contributed by atoms with Gasteiger partial charge in [-0.3, -0.25) is 0 Å². The number of hydrogen-bond donors (Lipinski definition) is 1. The predicted octanol–water partition coefficient (Wildman–Crippen LogP) is 2.97. The molecule has 1 unspecified atom stereocenters. The maximum absolute atomic E-state index is 9.49. The Labute approximate surface area is 123 Å². The highest BCUT2D eigenvalue weighted by Crippen LogP contribution is 2.28. The zero-order valence-electron chi connectivity index (χ0n) is 11.6. The molecule has 0 fully saturated rings. The number of aliphatic hydroxyl groups excluding tert-OH is 1. The Morgan fingerprint density at radius 1 is 1.45 bits per heavy atom. The molecule has 1 aromatic carbocycles. The van der Waals surface area contributed by atoms with E-state index >= 15 is 0 Å². The highest BCUT2D eigenvalue weighted by Gasteiger charge is 2.09. The summed E-state index contributed by atoms with van der Waals surface area (Å²) in [5.41, 5.74) is 0.761. The number of hydrogen-bond acceptors (Lipinski definition) is 4. The molecule has 0 aliphatic carbocycles. The molecule has 0 aliphatic heterocycles. The summed E-state index contributed by atoms with van der Waals surface area (Å²) in [7, 11) is 0. The summed E-state index contributed by atoms with van der Waals surface area (Å²) in [6.07, 6.45) is 1.96. The third-order valence-electron chi connectivity index (χ3n) is 2.93. The van der Waals surface area contributed by atoms with Crippen LogP contribution in [-0.2, 0) is 13.2 Å². The minimum atomic E-state index is -0.547. The summed E-state index contributed by atoms with van der Waals surface area (Å²) < 4.78 is 7.48. The first-order valence-corrected chi connectivity index (χ1v) is 6.96. The summed E-state index contributed by atoms with van der Waals surface area (Å²) in [5, 5.41) is 14.1. The first-order valence-electron chi connectivity index (χ1n) is 6.58. The van der Waals surface area contributed by atoms with Crippen molar-refractivity contribution in [3.8, 4) is 5.75 Å². The van der Waals surface area contributed by atoms with Gasteiger partial charge < -0.3 is 9.84 Å². The Kier molecular flexibility index (Phi) is 4.98. The van der Waals surface area contributed by atoms with Gasteiger partial charge in [0.25, 0.3) is 0 Å². The molecule has 0 saturated heterocycles. The van der Waals surface area contributed by atoms with E-state index in [1.807, 2.05) is 4.68 Å². The van der Waals surface area contributed by atoms with Crippen LogP contribution in [0.1, 0.15) is 37.8 Å². The number of aryl methyl sites for hydroxylation is 1. The number of aliphatic hydroxyl groups is 1. The molecule has 0 bridgehead atoms. The van der Waals surface area contributed by atoms with E-state index in [2.05, 4.69) is 17.0 Å². The number of halogens is 1. The van der Waals surface area contributed by atoms with Gasteiger partial charge in [-0.15, -0.1) is 0 Å². The van der Waals surface area contributed by atoms with Crippen molar-refractivity contribution in [1.29, 1.82) is 0 Å². The van der Waals surface area contributed by atoms with Crippen molar-refractivity contribution < 1.29 is 9.84 Å². The second kappa shape index (κ2) is 6.72. The largest absolute Gasteiger partial charge is 0.484 e. The number of rotatable bonds is 6. The van der Waals surface area contributed by atoms with Gasteiger partial charge in [-0.25, -0.2) is 9.67 Å². The molecule has 5 nitrogen and oxygen atoms in total. The van der Waals surface area contributed by atoms with E-state index in [4.69, 9.17) is 16.3 Å². The maximum atomic E-state index is 9.49. The second-order valence-corrected chi connectivity index (χ2v) is 4.96. The van der Waals surface area contributed by atoms with E-state index in [1.54, 1.807) is 25.1 Å². The molecule has 0 spiro atoms. The molecule has 6 heteroatoms. The molecular weight excluding hydrogens is 278 g/mol. The van der Waals surface area contributed by atoms with Crippen LogP contribution in [-0.4, -0.2) is 19.9 Å². The molecule has 2 rings (SSSR count). The zero-order valence-corrected chi connectivity index (χ0v) is 12.3. The van der Waals surface area contributed by atoms with E-state index in [0.29, 0.717) is 17.4 Å². The van der Waals surface area contributed by atoms with Crippen molar-refractivity contribution in [2.24, 2.45) is 0 Å². The molecule has 0 saturated carbocycles. The van der Waals surface area contributed by atoms with E-state index in [0.717, 1.165) is 24.4 Å². The molecule has 20 heavy (non-hydrogen) atoms. The highest BCUT2D eigenvalue weighted by atomic mass is 35.5. The van der Waals surface area contributed by atoms with Crippen LogP contribution >= 0.6 is 11.6 Å². The predicted molar refractivity (Wildman–Crippen MR) is 76.7 cm³/mol. The molecule has 0 aliphatic rings. The fraction of sp³-hybridized carbons (Fsp3) is 0.429. The highest BCUT2D eigenvalue weighted by molar-refractivity contribution is 6.32. The van der Waals surface area contributed by atoms with Crippen LogP contribution in [0.25, 0.3) is 0 Å². The monoisotopic (exact) mass is 295 g/mol. The lowest BCUT2D eigenvalue weighted by molar-refractivity contribution is 0.199. The van der Waals surface area contributed by atoms with Gasteiger partial charge in [0.1, 0.15) is 18.7 Å². The summed E-state index contributed by atoms with van der Waals surface area (Å²) in [6.45, 7) is 4.90. The zero-order chi connectivity index (χ0) is 14.5. The van der Waals surface area contributed by atoms with Gasteiger partial charge in [0, 0.05) is 6.54 Å². The van der Waals surface area contributed by atoms with Crippen LogP contribution < -0.4 is 4.74 Å². The van der Waals surface area contributed by atoms with Crippen molar-refractivity contribution in [2.75, 3.05) is 0 Å². The van der Waals surface area contributed by atoms with Gasteiger partial charge in [-0.1, -0.05) is 24.6 Å². The Morgan fingerprint density at radius 3 is 2.90 bits per heavy atom. The standard InChI is InChI=1S/C14H18ClN3O2/c1-3-6-18-14(16-9-17-18)8-20-13-5-4-11(10(2)19)7-12(13)15/h4-5,7,9-10,19H,3,6,8H2,1-2H3. The third-order valence-corrected chi connectivity index (χ3v) is 3.22. The fourth-order valence-electron chi connectivity index (χ4n) is 1.83. The number of nitrogens with zero attached hydrogens (tertiary/aromatic N) is 3. The summed E-state index contributed by atoms with van der Waals surface area (Å²) in [6, 6.07) is 5.26. The van der Waals surface area contributed by atoms with Crippen molar-refractivity contribution in [1.82, 2.24) is 14.8 Å². The van der Waals surface area contributed by atoms with Crippen molar-refractivity contribution in [3.05, 3.63) is 40.9 Å². The van der Waals surface area contributed by atoms with E-state index < -0.39 is 6.10 Å². The SMILES string of the molecule is CCCn1ncnc1COc1ccc(C(C)O)cc1Cl. The van der Waals surface area contributed by atoms with Gasteiger partial charge in [-0.05, 0) is 31.0 Å². The molecule has 0 radical (unpaired) electrons. The fourth-order valence-corrected chi connectivity index (χ4v) is 2.08. The first-order chi connectivity index (χ1) is 9.61. The molecule has 0 amide bonds. The Bertz CT molecular complexity index is 569. The lowest BCUT2D eigenvalue weighted by Crippen LogP contribution is -2.08. The molecule has 1 heterocycles. The maximum Gasteiger partial charge on any atom is 0.164 e. The molecule has 2 aromatic rings. The topological polar surface area (TPSA) is 60.2 Å². The minimum absolute atomic E-state index is 0.313. The van der Waals surface area contributed by atoms with Crippen molar-refractivity contribution in [3.63, 3.8) is 0 Å². The van der Waals surface area contributed by atoms with E-state index in [9.17, 15) is 5.11 Å². The van der Waals surface area contributed by atoms with Gasteiger partial charge in [0.15, 0.2) is 5.82 Å². The summed E-state index contributed by atoms with van der Waals surface area (Å²) >= 11 is 6.14. The van der Waals surface area contributed by atoms with Crippen molar-refractivity contribution in [2.45, 2.75) is 39.5 Å². The van der Waals surface area contributed by atoms with Crippen LogP contribution in [0.5, 0.6) is 5.75 Å². The lowest BCUT2D eigenvalue weighted by Gasteiger charge is -2.11. The lowest BCUT2D eigenvalue weighted by atomic mass is 10.1. The summed E-state index contributed by atoms with van der Waals surface area (Å²) in [5.74, 6) is 1.34. The van der Waals surface area contributed by atoms with Crippen LogP contribution in [0.3, 0.4) is 0 Å². The molecule has 1 N–H and O–H groups in total. The smallest absolute Gasteiger partial charge is 0.164 e. The Morgan fingerprint density at radius 2 is 2.25 bits per heavy atom. The average Bonchev–Trinajstić information content (AvgIpc) is 2.85. The number of ether oxygens (including phenoxy) is 1. The molecule has 1 aromatic heterocycles. The molecular formula is C14H18ClN3O2. The van der Waals surface area contributed by atoms with E-state index in [1.165, 1.54) is 6.33 Å². The second-order valence-electron chi connectivity index (χ2n) is 4.55. The third kappa shape index (κ3) is 3.49. The quantitative estimate of drug-likeness (QED) is 0.890. The number of benzene rings is 1. The van der Waals surface area contributed by atoms with E-state index in [-0.39, 0.29) is 0 Å². The minimum Gasteiger partial charge on any atom is -0.484 e. The average molecular weight is 296 g/mol.